The Kier molecular flexibility index (Phi) is 5.54. The smallest absolute Gasteiger partial charge is 0.255 e. The van der Waals surface area contributed by atoms with Crippen LogP contribution in [0, 0.1) is 0 Å². The summed E-state index contributed by atoms with van der Waals surface area (Å²) < 4.78 is 11.1. The summed E-state index contributed by atoms with van der Waals surface area (Å²) in [5.74, 6) is 1.25. The van der Waals surface area contributed by atoms with Gasteiger partial charge in [-0.05, 0) is 49.2 Å². The molecule has 0 saturated carbocycles. The van der Waals surface area contributed by atoms with Gasteiger partial charge in [-0.15, -0.1) is 0 Å². The monoisotopic (exact) mass is 328 g/mol. The van der Waals surface area contributed by atoms with Crippen LogP contribution in [0.4, 0.5) is 0 Å². The zero-order valence-electron chi connectivity index (χ0n) is 13.8. The predicted octanol–water partition coefficient (Wildman–Crippen LogP) is 3.26. The number of benzene rings is 1. The Bertz CT molecular complexity index is 654. The fourth-order valence-corrected chi connectivity index (χ4v) is 3.28. The van der Waals surface area contributed by atoms with E-state index in [1.54, 1.807) is 6.26 Å². The third kappa shape index (κ3) is 4.38. The first kappa shape index (κ1) is 16.6. The van der Waals surface area contributed by atoms with Gasteiger partial charge in [0, 0.05) is 6.54 Å². The summed E-state index contributed by atoms with van der Waals surface area (Å²) in [6.45, 7) is 1.79. The second kappa shape index (κ2) is 8.02. The quantitative estimate of drug-likeness (QED) is 0.883. The van der Waals surface area contributed by atoms with E-state index in [0.717, 1.165) is 30.8 Å². The number of rotatable bonds is 6. The van der Waals surface area contributed by atoms with Crippen LogP contribution in [0.5, 0.6) is 5.75 Å². The highest BCUT2D eigenvalue weighted by Crippen LogP contribution is 2.32. The van der Waals surface area contributed by atoms with E-state index in [1.165, 1.54) is 19.3 Å². The van der Waals surface area contributed by atoms with Gasteiger partial charge in [0.15, 0.2) is 6.61 Å². The largest absolute Gasteiger partial charge is 0.484 e. The lowest BCUT2D eigenvalue weighted by molar-refractivity contribution is -0.119. The zero-order valence-corrected chi connectivity index (χ0v) is 13.8. The van der Waals surface area contributed by atoms with E-state index in [-0.39, 0.29) is 6.61 Å². The highest BCUT2D eigenvalue weighted by molar-refractivity contribution is 5.75. The second-order valence-corrected chi connectivity index (χ2v) is 6.25. The Morgan fingerprint density at radius 3 is 2.96 bits per heavy atom. The Labute approximate surface area is 142 Å². The normalized spacial score (nSPS) is 18.9. The maximum Gasteiger partial charge on any atom is 0.255 e. The Morgan fingerprint density at radius 1 is 1.25 bits per heavy atom. The molecule has 1 aliphatic rings. The molecule has 1 aliphatic heterocycles. The molecule has 2 N–H and O–H groups in total. The molecule has 0 bridgehead atoms. The van der Waals surface area contributed by atoms with Gasteiger partial charge in [0.25, 0.3) is 5.91 Å². The molecule has 1 aromatic carbocycles. The lowest BCUT2D eigenvalue weighted by atomic mass is 10.1. The number of nitrogens with zero attached hydrogens (tertiary/aromatic N) is 1. The Morgan fingerprint density at radius 2 is 2.17 bits per heavy atom. The molecule has 2 heterocycles. The fourth-order valence-electron chi connectivity index (χ4n) is 3.28. The van der Waals surface area contributed by atoms with E-state index >= 15 is 0 Å². The van der Waals surface area contributed by atoms with Gasteiger partial charge < -0.3 is 14.9 Å². The third-order valence-electron chi connectivity index (χ3n) is 4.40. The maximum absolute atomic E-state index is 10.9. The molecule has 1 unspecified atom stereocenters. The molecule has 5 heteroatoms. The lowest BCUT2D eigenvalue weighted by Gasteiger charge is -2.28. The SMILES string of the molecule is NC(=O)COc1cccc(CN2CCCCCC2c2ccco2)c1. The van der Waals surface area contributed by atoms with Crippen molar-refractivity contribution in [3.63, 3.8) is 0 Å². The minimum Gasteiger partial charge on any atom is -0.484 e. The minimum atomic E-state index is -0.467. The zero-order chi connectivity index (χ0) is 16.8. The van der Waals surface area contributed by atoms with Crippen LogP contribution >= 0.6 is 0 Å². The summed E-state index contributed by atoms with van der Waals surface area (Å²) in [5.41, 5.74) is 6.30. The van der Waals surface area contributed by atoms with E-state index < -0.39 is 5.91 Å². The number of furan rings is 1. The van der Waals surface area contributed by atoms with Crippen LogP contribution in [-0.4, -0.2) is 24.0 Å². The third-order valence-corrected chi connectivity index (χ3v) is 4.40. The van der Waals surface area contributed by atoms with Crippen molar-refractivity contribution in [1.29, 1.82) is 0 Å². The van der Waals surface area contributed by atoms with Gasteiger partial charge in [0.1, 0.15) is 11.5 Å². The van der Waals surface area contributed by atoms with Crippen LogP contribution in [0.2, 0.25) is 0 Å². The summed E-state index contributed by atoms with van der Waals surface area (Å²) in [4.78, 5) is 13.3. The molecule has 2 aromatic rings. The molecule has 1 amide bonds. The molecule has 5 nitrogen and oxygen atoms in total. The van der Waals surface area contributed by atoms with E-state index in [0.29, 0.717) is 11.8 Å². The number of likely N-dealkylation sites (tertiary alicyclic amines) is 1. The van der Waals surface area contributed by atoms with Crippen LogP contribution in [0.3, 0.4) is 0 Å². The molecule has 1 saturated heterocycles. The molecule has 128 valence electrons. The first-order valence-corrected chi connectivity index (χ1v) is 8.50. The molecular weight excluding hydrogens is 304 g/mol. The van der Waals surface area contributed by atoms with Crippen LogP contribution in [0.15, 0.2) is 47.1 Å². The van der Waals surface area contributed by atoms with E-state index in [9.17, 15) is 4.79 Å². The van der Waals surface area contributed by atoms with E-state index in [4.69, 9.17) is 14.9 Å². The van der Waals surface area contributed by atoms with Crippen molar-refractivity contribution < 1.29 is 13.9 Å². The number of hydrogen-bond acceptors (Lipinski definition) is 4. The molecule has 0 radical (unpaired) electrons. The first-order chi connectivity index (χ1) is 11.7. The van der Waals surface area contributed by atoms with Crippen molar-refractivity contribution in [3.8, 4) is 5.75 Å². The molecule has 1 fully saturated rings. The number of primary amides is 1. The standard InChI is InChI=1S/C19H24N2O3/c20-19(22)14-24-16-7-4-6-15(12-16)13-21-10-3-1-2-8-17(21)18-9-5-11-23-18/h4-7,9,11-12,17H,1-3,8,10,13-14H2,(H2,20,22). The van der Waals surface area contributed by atoms with Gasteiger partial charge in [-0.2, -0.15) is 0 Å². The molecular formula is C19H24N2O3. The summed E-state index contributed by atoms with van der Waals surface area (Å²) in [5, 5.41) is 0. The number of hydrogen-bond donors (Lipinski definition) is 1. The Balaban J connectivity index is 1.72. The molecule has 3 rings (SSSR count). The van der Waals surface area contributed by atoms with Crippen molar-refractivity contribution in [2.75, 3.05) is 13.2 Å². The Hall–Kier alpha value is -2.27. The topological polar surface area (TPSA) is 68.7 Å². The van der Waals surface area contributed by atoms with Crippen molar-refractivity contribution in [3.05, 3.63) is 54.0 Å². The number of ether oxygens (including phenoxy) is 1. The average molecular weight is 328 g/mol. The van der Waals surface area contributed by atoms with Crippen LogP contribution in [0.25, 0.3) is 0 Å². The highest BCUT2D eigenvalue weighted by Gasteiger charge is 2.24. The van der Waals surface area contributed by atoms with Crippen molar-refractivity contribution >= 4 is 5.91 Å². The average Bonchev–Trinajstić information content (AvgIpc) is 3.01. The highest BCUT2D eigenvalue weighted by atomic mass is 16.5. The molecule has 1 atom stereocenters. The fraction of sp³-hybridized carbons (Fsp3) is 0.421. The summed E-state index contributed by atoms with van der Waals surface area (Å²) in [6, 6.07) is 12.2. The van der Waals surface area contributed by atoms with E-state index in [2.05, 4.69) is 17.0 Å². The summed E-state index contributed by atoms with van der Waals surface area (Å²) in [7, 11) is 0. The number of carbonyl (C=O) groups excluding carboxylic acids is 1. The molecule has 1 aromatic heterocycles. The predicted molar refractivity (Wildman–Crippen MR) is 91.5 cm³/mol. The van der Waals surface area contributed by atoms with Crippen LogP contribution in [0.1, 0.15) is 43.0 Å². The lowest BCUT2D eigenvalue weighted by Crippen LogP contribution is -2.28. The summed E-state index contributed by atoms with van der Waals surface area (Å²) in [6.07, 6.45) is 6.55. The minimum absolute atomic E-state index is 0.0951. The molecule has 24 heavy (non-hydrogen) atoms. The van der Waals surface area contributed by atoms with Crippen molar-refractivity contribution in [1.82, 2.24) is 4.90 Å². The number of nitrogens with two attached hydrogens (primary N) is 1. The number of carbonyl (C=O) groups is 1. The van der Waals surface area contributed by atoms with Gasteiger partial charge in [0.2, 0.25) is 0 Å². The number of amides is 1. The van der Waals surface area contributed by atoms with E-state index in [1.807, 2.05) is 24.3 Å². The molecule has 0 spiro atoms. The summed E-state index contributed by atoms with van der Waals surface area (Å²) >= 11 is 0. The van der Waals surface area contributed by atoms with Gasteiger partial charge in [-0.25, -0.2) is 0 Å². The first-order valence-electron chi connectivity index (χ1n) is 8.50. The van der Waals surface area contributed by atoms with Gasteiger partial charge in [-0.3, -0.25) is 9.69 Å². The molecule has 0 aliphatic carbocycles. The van der Waals surface area contributed by atoms with Crippen molar-refractivity contribution in [2.45, 2.75) is 38.3 Å². The van der Waals surface area contributed by atoms with Crippen molar-refractivity contribution in [2.24, 2.45) is 5.73 Å². The van der Waals surface area contributed by atoms with Crippen LogP contribution in [-0.2, 0) is 11.3 Å². The second-order valence-electron chi connectivity index (χ2n) is 6.25. The van der Waals surface area contributed by atoms with Gasteiger partial charge in [-0.1, -0.05) is 25.0 Å². The van der Waals surface area contributed by atoms with Crippen LogP contribution < -0.4 is 10.5 Å². The van der Waals surface area contributed by atoms with Gasteiger partial charge in [0.05, 0.1) is 12.3 Å². The maximum atomic E-state index is 10.9. The van der Waals surface area contributed by atoms with Gasteiger partial charge >= 0.3 is 0 Å².